The minimum Gasteiger partial charge on any atom is -0.497 e. The van der Waals surface area contributed by atoms with Crippen molar-refractivity contribution in [3.05, 3.63) is 65.7 Å². The third-order valence-electron chi connectivity index (χ3n) is 3.40. The lowest BCUT2D eigenvalue weighted by Crippen LogP contribution is -2.01. The standard InChI is InChI=1S/C16H14N2O3/c1-21-12-6-4-11(5-7-12)9-15-17-10-14-13(16(19)20)3-2-8-18(14)15/h2-8,10H,9H2,1H3,(H,19,20). The Morgan fingerprint density at radius 2 is 2.05 bits per heavy atom. The van der Waals surface area contributed by atoms with E-state index < -0.39 is 5.97 Å². The van der Waals surface area contributed by atoms with E-state index in [4.69, 9.17) is 4.74 Å². The first-order valence-corrected chi connectivity index (χ1v) is 6.50. The van der Waals surface area contributed by atoms with Crippen LogP contribution in [0.3, 0.4) is 0 Å². The van der Waals surface area contributed by atoms with Crippen LogP contribution in [0, 0.1) is 0 Å². The zero-order chi connectivity index (χ0) is 14.8. The van der Waals surface area contributed by atoms with E-state index in [2.05, 4.69) is 4.98 Å². The Hall–Kier alpha value is -2.82. The highest BCUT2D eigenvalue weighted by molar-refractivity contribution is 5.95. The smallest absolute Gasteiger partial charge is 0.337 e. The Balaban J connectivity index is 1.97. The van der Waals surface area contributed by atoms with Crippen molar-refractivity contribution in [2.45, 2.75) is 6.42 Å². The van der Waals surface area contributed by atoms with Crippen LogP contribution in [-0.2, 0) is 6.42 Å². The maximum atomic E-state index is 11.2. The Morgan fingerprint density at radius 1 is 1.29 bits per heavy atom. The van der Waals surface area contributed by atoms with Gasteiger partial charge in [0.2, 0.25) is 0 Å². The van der Waals surface area contributed by atoms with Crippen molar-refractivity contribution >= 4 is 11.5 Å². The van der Waals surface area contributed by atoms with Gasteiger partial charge in [0.05, 0.1) is 24.4 Å². The summed E-state index contributed by atoms with van der Waals surface area (Å²) in [6.07, 6.45) is 4.05. The van der Waals surface area contributed by atoms with Gasteiger partial charge in [-0.05, 0) is 29.8 Å². The Morgan fingerprint density at radius 3 is 2.71 bits per heavy atom. The molecule has 0 spiro atoms. The summed E-state index contributed by atoms with van der Waals surface area (Å²) in [5.41, 5.74) is 1.95. The van der Waals surface area contributed by atoms with Crippen molar-refractivity contribution in [3.63, 3.8) is 0 Å². The lowest BCUT2D eigenvalue weighted by atomic mass is 10.1. The molecule has 0 saturated carbocycles. The third-order valence-corrected chi connectivity index (χ3v) is 3.40. The molecular formula is C16H14N2O3. The second-order valence-electron chi connectivity index (χ2n) is 4.68. The number of pyridine rings is 1. The number of carboxylic acids is 1. The highest BCUT2D eigenvalue weighted by atomic mass is 16.5. The third kappa shape index (κ3) is 2.45. The van der Waals surface area contributed by atoms with E-state index in [-0.39, 0.29) is 5.56 Å². The molecule has 0 bridgehead atoms. The van der Waals surface area contributed by atoms with Crippen LogP contribution in [0.4, 0.5) is 0 Å². The molecule has 0 unspecified atom stereocenters. The van der Waals surface area contributed by atoms with Crippen molar-refractivity contribution < 1.29 is 14.6 Å². The summed E-state index contributed by atoms with van der Waals surface area (Å²) in [4.78, 5) is 15.5. The molecule has 1 aromatic carbocycles. The van der Waals surface area contributed by atoms with Crippen LogP contribution in [-0.4, -0.2) is 27.6 Å². The molecule has 0 atom stereocenters. The fourth-order valence-electron chi connectivity index (χ4n) is 2.31. The zero-order valence-electron chi connectivity index (χ0n) is 11.5. The summed E-state index contributed by atoms with van der Waals surface area (Å²) < 4.78 is 6.94. The van der Waals surface area contributed by atoms with Gasteiger partial charge in [-0.1, -0.05) is 12.1 Å². The van der Waals surface area contributed by atoms with Crippen LogP contribution in [0.5, 0.6) is 5.75 Å². The average molecular weight is 282 g/mol. The lowest BCUT2D eigenvalue weighted by molar-refractivity contribution is 0.0698. The molecule has 21 heavy (non-hydrogen) atoms. The Kier molecular flexibility index (Phi) is 3.31. The topological polar surface area (TPSA) is 63.8 Å². The number of fused-ring (bicyclic) bond motifs is 1. The number of aromatic carboxylic acids is 1. The van der Waals surface area contributed by atoms with Gasteiger partial charge >= 0.3 is 5.97 Å². The van der Waals surface area contributed by atoms with Gasteiger partial charge in [-0.15, -0.1) is 0 Å². The lowest BCUT2D eigenvalue weighted by Gasteiger charge is -2.04. The number of nitrogens with zero attached hydrogens (tertiary/aromatic N) is 2. The number of hydrogen-bond donors (Lipinski definition) is 1. The molecular weight excluding hydrogens is 268 g/mol. The molecule has 5 nitrogen and oxygen atoms in total. The molecule has 3 rings (SSSR count). The minimum atomic E-state index is -0.948. The highest BCUT2D eigenvalue weighted by Crippen LogP contribution is 2.17. The molecule has 106 valence electrons. The molecule has 0 fully saturated rings. The van der Waals surface area contributed by atoms with Gasteiger partial charge in [-0.2, -0.15) is 0 Å². The molecule has 0 amide bonds. The maximum absolute atomic E-state index is 11.2. The molecule has 2 aromatic heterocycles. The molecule has 1 N–H and O–H groups in total. The Bertz CT molecular complexity index is 791. The van der Waals surface area contributed by atoms with Crippen molar-refractivity contribution in [2.24, 2.45) is 0 Å². The molecule has 0 saturated heterocycles. The van der Waals surface area contributed by atoms with E-state index in [0.717, 1.165) is 17.1 Å². The summed E-state index contributed by atoms with van der Waals surface area (Å²) in [7, 11) is 1.63. The molecule has 2 heterocycles. The predicted molar refractivity (Wildman–Crippen MR) is 78.0 cm³/mol. The quantitative estimate of drug-likeness (QED) is 0.799. The summed E-state index contributed by atoms with van der Waals surface area (Å²) in [6, 6.07) is 11.0. The van der Waals surface area contributed by atoms with Crippen molar-refractivity contribution in [1.82, 2.24) is 9.38 Å². The van der Waals surface area contributed by atoms with Crippen LogP contribution in [0.25, 0.3) is 5.52 Å². The molecule has 0 aliphatic carbocycles. The molecule has 5 heteroatoms. The van der Waals surface area contributed by atoms with E-state index in [0.29, 0.717) is 11.9 Å². The van der Waals surface area contributed by atoms with Gasteiger partial charge < -0.3 is 14.2 Å². The Labute approximate surface area is 121 Å². The number of rotatable bonds is 4. The van der Waals surface area contributed by atoms with E-state index >= 15 is 0 Å². The van der Waals surface area contributed by atoms with Crippen LogP contribution < -0.4 is 4.74 Å². The SMILES string of the molecule is COc1ccc(Cc2ncc3c(C(=O)O)cccn23)cc1. The largest absolute Gasteiger partial charge is 0.497 e. The highest BCUT2D eigenvalue weighted by Gasteiger charge is 2.12. The molecule has 0 aliphatic rings. The van der Waals surface area contributed by atoms with Gasteiger partial charge in [-0.25, -0.2) is 9.78 Å². The fraction of sp³-hybridized carbons (Fsp3) is 0.125. The average Bonchev–Trinajstić information content (AvgIpc) is 2.91. The van der Waals surface area contributed by atoms with Gasteiger partial charge in [0, 0.05) is 12.6 Å². The van der Waals surface area contributed by atoms with Crippen LogP contribution in [0.15, 0.2) is 48.8 Å². The molecule has 0 aliphatic heterocycles. The number of methoxy groups -OCH3 is 1. The fourth-order valence-corrected chi connectivity index (χ4v) is 2.31. The number of benzene rings is 1. The van der Waals surface area contributed by atoms with E-state index in [1.54, 1.807) is 25.4 Å². The summed E-state index contributed by atoms with van der Waals surface area (Å²) in [6.45, 7) is 0. The summed E-state index contributed by atoms with van der Waals surface area (Å²) in [5.74, 6) is 0.662. The van der Waals surface area contributed by atoms with Gasteiger partial charge in [0.1, 0.15) is 11.6 Å². The van der Waals surface area contributed by atoms with Gasteiger partial charge in [0.25, 0.3) is 0 Å². The van der Waals surface area contributed by atoms with Gasteiger partial charge in [0.15, 0.2) is 0 Å². The maximum Gasteiger partial charge on any atom is 0.337 e. The molecule has 0 radical (unpaired) electrons. The van der Waals surface area contributed by atoms with Gasteiger partial charge in [-0.3, -0.25) is 0 Å². The second kappa shape index (κ2) is 5.28. The first-order valence-electron chi connectivity index (χ1n) is 6.50. The summed E-state index contributed by atoms with van der Waals surface area (Å²) >= 11 is 0. The first kappa shape index (κ1) is 13.2. The number of hydrogen-bond acceptors (Lipinski definition) is 3. The zero-order valence-corrected chi connectivity index (χ0v) is 11.5. The van der Waals surface area contributed by atoms with E-state index in [1.165, 1.54) is 0 Å². The second-order valence-corrected chi connectivity index (χ2v) is 4.68. The number of carboxylic acid groups (broad SMARTS) is 1. The molecule has 3 aromatic rings. The minimum absolute atomic E-state index is 0.256. The number of carbonyl (C=O) groups is 1. The predicted octanol–water partition coefficient (Wildman–Crippen LogP) is 2.63. The van der Waals surface area contributed by atoms with E-state index in [1.807, 2.05) is 34.9 Å². The monoisotopic (exact) mass is 282 g/mol. The van der Waals surface area contributed by atoms with E-state index in [9.17, 15) is 9.90 Å². The number of imidazole rings is 1. The summed E-state index contributed by atoms with van der Waals surface area (Å²) in [5, 5.41) is 9.18. The normalized spacial score (nSPS) is 10.7. The number of ether oxygens (including phenoxy) is 1. The van der Waals surface area contributed by atoms with Crippen molar-refractivity contribution in [3.8, 4) is 5.75 Å². The van der Waals surface area contributed by atoms with Crippen LogP contribution >= 0.6 is 0 Å². The van der Waals surface area contributed by atoms with Crippen molar-refractivity contribution in [2.75, 3.05) is 7.11 Å². The van der Waals surface area contributed by atoms with Crippen LogP contribution in [0.2, 0.25) is 0 Å². The first-order chi connectivity index (χ1) is 10.2. The van der Waals surface area contributed by atoms with Crippen LogP contribution in [0.1, 0.15) is 21.7 Å². The number of aromatic nitrogens is 2. The van der Waals surface area contributed by atoms with Crippen molar-refractivity contribution in [1.29, 1.82) is 0 Å².